The van der Waals surface area contributed by atoms with Gasteiger partial charge in [-0.05, 0) is 40.7 Å². The van der Waals surface area contributed by atoms with E-state index in [1.807, 2.05) is 27.7 Å². The van der Waals surface area contributed by atoms with E-state index in [-0.39, 0.29) is 12.1 Å². The summed E-state index contributed by atoms with van der Waals surface area (Å²) in [7, 11) is 0. The number of ether oxygens (including phenoxy) is 1. The highest BCUT2D eigenvalue weighted by molar-refractivity contribution is 5.68. The second kappa shape index (κ2) is 7.46. The molecule has 6 nitrogen and oxygen atoms in total. The molecule has 114 valence electrons. The number of amides is 1. The Balaban J connectivity index is 2.56. The Kier molecular flexibility index (Phi) is 6.24. The number of carbonyl (C=O) groups is 1. The van der Waals surface area contributed by atoms with Gasteiger partial charge in [0.1, 0.15) is 11.6 Å². The number of nitriles is 1. The fourth-order valence-corrected chi connectivity index (χ4v) is 2.23. The molecule has 0 aliphatic carbocycles. The fraction of sp³-hybridized carbons (Fsp3) is 0.857. The SMILES string of the molecule is CC(NC(=O)OC(C)(C)C)C(C#N)N1CCCNCC1. The average Bonchev–Trinajstić information content (AvgIpc) is 2.56. The number of hydrogen-bond acceptors (Lipinski definition) is 5. The van der Waals surface area contributed by atoms with Crippen LogP contribution in [0.15, 0.2) is 0 Å². The number of alkyl carbamates (subject to hydrolysis) is 1. The minimum Gasteiger partial charge on any atom is -0.444 e. The molecule has 0 spiro atoms. The van der Waals surface area contributed by atoms with E-state index in [0.29, 0.717) is 0 Å². The molecule has 0 radical (unpaired) electrons. The summed E-state index contributed by atoms with van der Waals surface area (Å²) in [4.78, 5) is 13.9. The van der Waals surface area contributed by atoms with Crippen LogP contribution < -0.4 is 10.6 Å². The molecule has 1 aliphatic rings. The Bertz CT molecular complexity index is 351. The quantitative estimate of drug-likeness (QED) is 0.810. The maximum atomic E-state index is 11.8. The van der Waals surface area contributed by atoms with Gasteiger partial charge in [0.2, 0.25) is 0 Å². The van der Waals surface area contributed by atoms with E-state index < -0.39 is 11.7 Å². The lowest BCUT2D eigenvalue weighted by Crippen LogP contribution is -2.51. The van der Waals surface area contributed by atoms with Crippen LogP contribution in [0.25, 0.3) is 0 Å². The Labute approximate surface area is 121 Å². The molecule has 1 aliphatic heterocycles. The third kappa shape index (κ3) is 5.76. The molecule has 2 atom stereocenters. The highest BCUT2D eigenvalue weighted by Crippen LogP contribution is 2.10. The molecule has 6 heteroatoms. The van der Waals surface area contributed by atoms with Gasteiger partial charge < -0.3 is 15.4 Å². The van der Waals surface area contributed by atoms with Gasteiger partial charge in [-0.15, -0.1) is 0 Å². The van der Waals surface area contributed by atoms with Crippen molar-refractivity contribution in [2.45, 2.75) is 51.8 Å². The summed E-state index contributed by atoms with van der Waals surface area (Å²) < 4.78 is 5.22. The Hall–Kier alpha value is -1.32. The zero-order chi connectivity index (χ0) is 15.2. The van der Waals surface area contributed by atoms with E-state index in [1.54, 1.807) is 0 Å². The molecule has 1 heterocycles. The highest BCUT2D eigenvalue weighted by atomic mass is 16.6. The summed E-state index contributed by atoms with van der Waals surface area (Å²) >= 11 is 0. The number of hydrogen-bond donors (Lipinski definition) is 2. The van der Waals surface area contributed by atoms with E-state index in [4.69, 9.17) is 4.74 Å². The molecule has 0 aromatic rings. The second-order valence-electron chi connectivity index (χ2n) is 6.15. The van der Waals surface area contributed by atoms with Gasteiger partial charge in [-0.3, -0.25) is 4.90 Å². The van der Waals surface area contributed by atoms with E-state index in [2.05, 4.69) is 21.6 Å². The first-order valence-electron chi connectivity index (χ1n) is 7.17. The van der Waals surface area contributed by atoms with Gasteiger partial charge in [0, 0.05) is 19.6 Å². The third-order valence-electron chi connectivity index (χ3n) is 3.12. The van der Waals surface area contributed by atoms with Crippen LogP contribution in [-0.2, 0) is 4.74 Å². The summed E-state index contributed by atoms with van der Waals surface area (Å²) in [5.41, 5.74) is -0.529. The van der Waals surface area contributed by atoms with Crippen molar-refractivity contribution in [3.8, 4) is 6.07 Å². The molecular formula is C14H26N4O2. The van der Waals surface area contributed by atoms with Crippen molar-refractivity contribution in [3.63, 3.8) is 0 Å². The summed E-state index contributed by atoms with van der Waals surface area (Å²) in [5, 5.41) is 15.4. The maximum Gasteiger partial charge on any atom is 0.407 e. The largest absolute Gasteiger partial charge is 0.444 e. The van der Waals surface area contributed by atoms with Crippen LogP contribution in [0.5, 0.6) is 0 Å². The Morgan fingerprint density at radius 1 is 1.40 bits per heavy atom. The molecule has 1 rings (SSSR count). The molecule has 1 fully saturated rings. The first kappa shape index (κ1) is 16.7. The van der Waals surface area contributed by atoms with Crippen LogP contribution in [0, 0.1) is 11.3 Å². The van der Waals surface area contributed by atoms with E-state index in [0.717, 1.165) is 32.6 Å². The van der Waals surface area contributed by atoms with Crippen LogP contribution in [0.4, 0.5) is 4.79 Å². The first-order chi connectivity index (χ1) is 9.33. The molecule has 0 bridgehead atoms. The molecule has 2 unspecified atom stereocenters. The van der Waals surface area contributed by atoms with Crippen LogP contribution in [0.1, 0.15) is 34.1 Å². The summed E-state index contributed by atoms with van der Waals surface area (Å²) in [5.74, 6) is 0. The number of carbonyl (C=O) groups excluding carboxylic acids is 1. The molecule has 0 aromatic carbocycles. The van der Waals surface area contributed by atoms with E-state index in [9.17, 15) is 10.1 Å². The van der Waals surface area contributed by atoms with Crippen LogP contribution in [0.3, 0.4) is 0 Å². The Morgan fingerprint density at radius 3 is 2.70 bits per heavy atom. The lowest BCUT2D eigenvalue weighted by Gasteiger charge is -2.30. The summed E-state index contributed by atoms with van der Waals surface area (Å²) in [6, 6.07) is 1.69. The van der Waals surface area contributed by atoms with Crippen molar-refractivity contribution in [3.05, 3.63) is 0 Å². The first-order valence-corrected chi connectivity index (χ1v) is 7.17. The number of nitrogens with zero attached hydrogens (tertiary/aromatic N) is 2. The molecule has 2 N–H and O–H groups in total. The fourth-order valence-electron chi connectivity index (χ4n) is 2.23. The van der Waals surface area contributed by atoms with Gasteiger partial charge in [0.25, 0.3) is 0 Å². The summed E-state index contributed by atoms with van der Waals surface area (Å²) in [6.07, 6.45) is 0.537. The van der Waals surface area contributed by atoms with Crippen molar-refractivity contribution < 1.29 is 9.53 Å². The predicted molar refractivity (Wildman–Crippen MR) is 77.3 cm³/mol. The number of rotatable bonds is 3. The second-order valence-corrected chi connectivity index (χ2v) is 6.15. The zero-order valence-electron chi connectivity index (χ0n) is 12.9. The lowest BCUT2D eigenvalue weighted by atomic mass is 10.1. The number of nitrogens with one attached hydrogen (secondary N) is 2. The normalized spacial score (nSPS) is 20.4. The zero-order valence-corrected chi connectivity index (χ0v) is 12.9. The molecule has 20 heavy (non-hydrogen) atoms. The van der Waals surface area contributed by atoms with E-state index >= 15 is 0 Å². The topological polar surface area (TPSA) is 77.4 Å². The van der Waals surface area contributed by atoms with Crippen LogP contribution >= 0.6 is 0 Å². The lowest BCUT2D eigenvalue weighted by molar-refractivity contribution is 0.0485. The smallest absolute Gasteiger partial charge is 0.407 e. The van der Waals surface area contributed by atoms with Crippen molar-refractivity contribution in [1.29, 1.82) is 5.26 Å². The van der Waals surface area contributed by atoms with Gasteiger partial charge in [-0.25, -0.2) is 4.79 Å². The van der Waals surface area contributed by atoms with Gasteiger partial charge in [0.15, 0.2) is 0 Å². The molecule has 0 aromatic heterocycles. The Morgan fingerprint density at radius 2 is 2.10 bits per heavy atom. The third-order valence-corrected chi connectivity index (χ3v) is 3.12. The van der Waals surface area contributed by atoms with Crippen molar-refractivity contribution in [2.24, 2.45) is 0 Å². The highest BCUT2D eigenvalue weighted by Gasteiger charge is 2.27. The van der Waals surface area contributed by atoms with Crippen LogP contribution in [0.2, 0.25) is 0 Å². The average molecular weight is 282 g/mol. The van der Waals surface area contributed by atoms with E-state index in [1.165, 1.54) is 0 Å². The standard InChI is InChI=1S/C14H26N4O2/c1-11(17-13(19)20-14(2,3)4)12(10-15)18-8-5-6-16-7-9-18/h11-12,16H,5-9H2,1-4H3,(H,17,19). The minimum absolute atomic E-state index is 0.270. The van der Waals surface area contributed by atoms with Crippen molar-refractivity contribution in [2.75, 3.05) is 26.2 Å². The molecule has 0 saturated carbocycles. The van der Waals surface area contributed by atoms with Crippen molar-refractivity contribution >= 4 is 6.09 Å². The predicted octanol–water partition coefficient (Wildman–Crippen LogP) is 1.09. The molecular weight excluding hydrogens is 256 g/mol. The van der Waals surface area contributed by atoms with Gasteiger partial charge in [0.05, 0.1) is 12.1 Å². The maximum absolute atomic E-state index is 11.8. The van der Waals surface area contributed by atoms with Crippen molar-refractivity contribution in [1.82, 2.24) is 15.5 Å². The van der Waals surface area contributed by atoms with Gasteiger partial charge in [-0.1, -0.05) is 0 Å². The molecule has 1 amide bonds. The monoisotopic (exact) mass is 282 g/mol. The molecule has 1 saturated heterocycles. The minimum atomic E-state index is -0.529. The summed E-state index contributed by atoms with van der Waals surface area (Å²) in [6.45, 7) is 10.8. The van der Waals surface area contributed by atoms with Gasteiger partial charge in [-0.2, -0.15) is 5.26 Å². The van der Waals surface area contributed by atoms with Gasteiger partial charge >= 0.3 is 6.09 Å². The van der Waals surface area contributed by atoms with Crippen LogP contribution in [-0.4, -0.2) is 54.9 Å².